The minimum absolute atomic E-state index is 0.0832. The largest absolute Gasteiger partial charge is 0.355 e. The van der Waals surface area contributed by atoms with Crippen molar-refractivity contribution in [3.63, 3.8) is 0 Å². The van der Waals surface area contributed by atoms with Gasteiger partial charge in [0.1, 0.15) is 0 Å². The SMILES string of the molecule is CNC(=O)c1cccc(CCC(=O)N2CCCC[C@H]2c2ncon2)c1. The molecule has 2 aromatic rings. The van der Waals surface area contributed by atoms with Gasteiger partial charge in [0.25, 0.3) is 5.91 Å². The average Bonchev–Trinajstić information content (AvgIpc) is 3.20. The minimum atomic E-state index is -0.124. The number of nitrogens with one attached hydrogen (secondary N) is 1. The van der Waals surface area contributed by atoms with Gasteiger partial charge < -0.3 is 14.7 Å². The van der Waals surface area contributed by atoms with Crippen LogP contribution in [0.15, 0.2) is 35.2 Å². The molecule has 1 N–H and O–H groups in total. The molecule has 0 radical (unpaired) electrons. The summed E-state index contributed by atoms with van der Waals surface area (Å²) in [5, 5.41) is 6.52. The average molecular weight is 342 g/mol. The van der Waals surface area contributed by atoms with Crippen molar-refractivity contribution in [2.75, 3.05) is 13.6 Å². The van der Waals surface area contributed by atoms with E-state index in [9.17, 15) is 9.59 Å². The van der Waals surface area contributed by atoms with Crippen molar-refractivity contribution in [3.05, 3.63) is 47.6 Å². The standard InChI is InChI=1S/C18H22N4O3/c1-19-18(24)14-6-4-5-13(11-14)8-9-16(23)22-10-3-2-7-15(22)17-20-12-25-21-17/h4-6,11-12,15H,2-3,7-10H2,1H3,(H,19,24)/t15-/m0/s1. The molecular formula is C18H22N4O3. The number of rotatable bonds is 5. The summed E-state index contributed by atoms with van der Waals surface area (Å²) in [5.74, 6) is 0.538. The number of nitrogens with zero attached hydrogens (tertiary/aromatic N) is 3. The molecule has 132 valence electrons. The summed E-state index contributed by atoms with van der Waals surface area (Å²) in [4.78, 5) is 30.4. The number of piperidine rings is 1. The summed E-state index contributed by atoms with van der Waals surface area (Å²) in [7, 11) is 1.60. The van der Waals surface area contributed by atoms with Crippen molar-refractivity contribution >= 4 is 11.8 Å². The number of aromatic nitrogens is 2. The van der Waals surface area contributed by atoms with Crippen LogP contribution in [-0.2, 0) is 11.2 Å². The van der Waals surface area contributed by atoms with Gasteiger partial charge in [0.15, 0.2) is 5.82 Å². The van der Waals surface area contributed by atoms with Crippen LogP contribution in [0.5, 0.6) is 0 Å². The van der Waals surface area contributed by atoms with E-state index < -0.39 is 0 Å². The van der Waals surface area contributed by atoms with Crippen LogP contribution in [0.2, 0.25) is 0 Å². The van der Waals surface area contributed by atoms with Crippen LogP contribution in [-0.4, -0.2) is 40.4 Å². The van der Waals surface area contributed by atoms with E-state index in [2.05, 4.69) is 15.5 Å². The first-order valence-corrected chi connectivity index (χ1v) is 8.56. The Labute approximate surface area is 146 Å². The van der Waals surface area contributed by atoms with Crippen LogP contribution in [0.3, 0.4) is 0 Å². The topological polar surface area (TPSA) is 88.3 Å². The van der Waals surface area contributed by atoms with E-state index in [1.54, 1.807) is 13.1 Å². The highest BCUT2D eigenvalue weighted by atomic mass is 16.5. The molecule has 1 saturated heterocycles. The Kier molecular flexibility index (Phi) is 5.42. The Morgan fingerprint density at radius 3 is 3.00 bits per heavy atom. The molecule has 25 heavy (non-hydrogen) atoms. The molecule has 1 aliphatic heterocycles. The van der Waals surface area contributed by atoms with Crippen LogP contribution in [0, 0.1) is 0 Å². The van der Waals surface area contributed by atoms with Gasteiger partial charge in [-0.1, -0.05) is 17.3 Å². The molecule has 1 aliphatic rings. The summed E-state index contributed by atoms with van der Waals surface area (Å²) < 4.78 is 4.83. The van der Waals surface area contributed by atoms with Gasteiger partial charge in [-0.15, -0.1) is 0 Å². The van der Waals surface area contributed by atoms with Crippen molar-refractivity contribution in [1.29, 1.82) is 0 Å². The van der Waals surface area contributed by atoms with Crippen molar-refractivity contribution in [3.8, 4) is 0 Å². The van der Waals surface area contributed by atoms with Crippen LogP contribution in [0.1, 0.15) is 53.5 Å². The predicted octanol–water partition coefficient (Wildman–Crippen LogP) is 2.12. The molecule has 2 amide bonds. The fraction of sp³-hybridized carbons (Fsp3) is 0.444. The Balaban J connectivity index is 1.64. The van der Waals surface area contributed by atoms with Gasteiger partial charge in [0.2, 0.25) is 12.3 Å². The highest BCUT2D eigenvalue weighted by Gasteiger charge is 2.30. The van der Waals surface area contributed by atoms with E-state index in [0.717, 1.165) is 31.4 Å². The van der Waals surface area contributed by atoms with E-state index in [0.29, 0.717) is 24.2 Å². The highest BCUT2D eigenvalue weighted by molar-refractivity contribution is 5.94. The first kappa shape index (κ1) is 17.1. The van der Waals surface area contributed by atoms with E-state index in [-0.39, 0.29) is 17.9 Å². The first-order valence-electron chi connectivity index (χ1n) is 8.56. The molecule has 1 atom stereocenters. The second-order valence-electron chi connectivity index (χ2n) is 6.17. The zero-order valence-corrected chi connectivity index (χ0v) is 14.3. The number of aryl methyl sites for hydroxylation is 1. The van der Waals surface area contributed by atoms with Crippen LogP contribution in [0.4, 0.5) is 0 Å². The maximum atomic E-state index is 12.7. The second-order valence-corrected chi connectivity index (χ2v) is 6.17. The van der Waals surface area contributed by atoms with E-state index >= 15 is 0 Å². The Hall–Kier alpha value is -2.70. The number of hydrogen-bond donors (Lipinski definition) is 1. The third-order valence-corrected chi connectivity index (χ3v) is 4.54. The maximum absolute atomic E-state index is 12.7. The Morgan fingerprint density at radius 1 is 1.36 bits per heavy atom. The number of benzene rings is 1. The van der Waals surface area contributed by atoms with Crippen molar-refractivity contribution in [1.82, 2.24) is 20.4 Å². The van der Waals surface area contributed by atoms with Gasteiger partial charge in [0, 0.05) is 25.6 Å². The molecule has 3 rings (SSSR count). The molecule has 0 saturated carbocycles. The highest BCUT2D eigenvalue weighted by Crippen LogP contribution is 2.29. The lowest BCUT2D eigenvalue weighted by Crippen LogP contribution is -2.39. The van der Waals surface area contributed by atoms with E-state index in [1.807, 2.05) is 23.1 Å². The Morgan fingerprint density at radius 2 is 2.24 bits per heavy atom. The lowest BCUT2D eigenvalue weighted by Gasteiger charge is -2.33. The van der Waals surface area contributed by atoms with Crippen LogP contribution >= 0.6 is 0 Å². The summed E-state index contributed by atoms with van der Waals surface area (Å²) in [6.45, 7) is 0.719. The molecule has 0 bridgehead atoms. The monoisotopic (exact) mass is 342 g/mol. The van der Waals surface area contributed by atoms with Gasteiger partial charge in [-0.3, -0.25) is 9.59 Å². The predicted molar refractivity (Wildman–Crippen MR) is 90.8 cm³/mol. The molecular weight excluding hydrogens is 320 g/mol. The van der Waals surface area contributed by atoms with Gasteiger partial charge in [-0.2, -0.15) is 4.98 Å². The second kappa shape index (κ2) is 7.92. The molecule has 1 fully saturated rings. The first-order chi connectivity index (χ1) is 12.2. The molecule has 0 spiro atoms. The van der Waals surface area contributed by atoms with Gasteiger partial charge in [0.05, 0.1) is 6.04 Å². The molecule has 1 aromatic carbocycles. The Bertz CT molecular complexity index is 730. The van der Waals surface area contributed by atoms with Crippen molar-refractivity contribution in [2.24, 2.45) is 0 Å². The minimum Gasteiger partial charge on any atom is -0.355 e. The molecule has 7 nitrogen and oxygen atoms in total. The summed E-state index contributed by atoms with van der Waals surface area (Å²) in [6.07, 6.45) is 5.20. The number of carbonyl (C=O) groups excluding carboxylic acids is 2. The fourth-order valence-corrected chi connectivity index (χ4v) is 3.23. The quantitative estimate of drug-likeness (QED) is 0.899. The fourth-order valence-electron chi connectivity index (χ4n) is 3.23. The normalized spacial score (nSPS) is 17.3. The van der Waals surface area contributed by atoms with E-state index in [4.69, 9.17) is 4.52 Å². The molecule has 7 heteroatoms. The summed E-state index contributed by atoms with van der Waals surface area (Å²) in [5.41, 5.74) is 1.58. The van der Waals surface area contributed by atoms with Crippen LogP contribution < -0.4 is 5.32 Å². The molecule has 1 aromatic heterocycles. The van der Waals surface area contributed by atoms with Crippen molar-refractivity contribution < 1.29 is 14.1 Å². The lowest BCUT2D eigenvalue weighted by molar-refractivity contribution is -0.135. The molecule has 2 heterocycles. The van der Waals surface area contributed by atoms with Crippen molar-refractivity contribution in [2.45, 2.75) is 38.1 Å². The molecule has 0 aliphatic carbocycles. The third kappa shape index (κ3) is 4.04. The number of hydrogen-bond acceptors (Lipinski definition) is 5. The van der Waals surface area contributed by atoms with E-state index in [1.165, 1.54) is 6.39 Å². The summed E-state index contributed by atoms with van der Waals surface area (Å²) in [6, 6.07) is 7.28. The van der Waals surface area contributed by atoms with Gasteiger partial charge in [-0.25, -0.2) is 0 Å². The number of likely N-dealkylation sites (tertiary alicyclic amines) is 1. The number of carbonyl (C=O) groups is 2. The zero-order chi connectivity index (χ0) is 17.6. The lowest BCUT2D eigenvalue weighted by atomic mass is 10.00. The van der Waals surface area contributed by atoms with Gasteiger partial charge >= 0.3 is 0 Å². The molecule has 0 unspecified atom stereocenters. The maximum Gasteiger partial charge on any atom is 0.251 e. The van der Waals surface area contributed by atoms with Gasteiger partial charge in [-0.05, 0) is 43.4 Å². The zero-order valence-electron chi connectivity index (χ0n) is 14.3. The smallest absolute Gasteiger partial charge is 0.251 e. The third-order valence-electron chi connectivity index (χ3n) is 4.54. The van der Waals surface area contributed by atoms with Crippen LogP contribution in [0.25, 0.3) is 0 Å². The number of amides is 2. The summed E-state index contributed by atoms with van der Waals surface area (Å²) >= 11 is 0.